The van der Waals surface area contributed by atoms with Crippen LogP contribution in [0.15, 0.2) is 0 Å². The van der Waals surface area contributed by atoms with Gasteiger partial charge in [0.05, 0.1) is 0 Å². The summed E-state index contributed by atoms with van der Waals surface area (Å²) in [7, 11) is 0. The van der Waals surface area contributed by atoms with Gasteiger partial charge < -0.3 is 21.1 Å². The minimum atomic E-state index is -0.433. The predicted octanol–water partition coefficient (Wildman–Crippen LogP) is 1.85. The van der Waals surface area contributed by atoms with Crippen molar-refractivity contribution < 1.29 is 9.90 Å². The SMILES string of the molecule is CCN(CC)c1nc(N)c(C(=O)NC(C)(CC)CCO)s1. The van der Waals surface area contributed by atoms with E-state index in [0.29, 0.717) is 11.3 Å². The van der Waals surface area contributed by atoms with Gasteiger partial charge in [0.25, 0.3) is 5.91 Å². The van der Waals surface area contributed by atoms with E-state index in [-0.39, 0.29) is 18.3 Å². The molecule has 1 amide bonds. The maximum atomic E-state index is 12.4. The van der Waals surface area contributed by atoms with Crippen molar-refractivity contribution in [2.45, 2.75) is 46.1 Å². The van der Waals surface area contributed by atoms with Gasteiger partial charge in [0.15, 0.2) is 5.13 Å². The van der Waals surface area contributed by atoms with Gasteiger partial charge in [-0.25, -0.2) is 4.98 Å². The lowest BCUT2D eigenvalue weighted by Gasteiger charge is -2.28. The predicted molar refractivity (Wildman–Crippen MR) is 88.0 cm³/mol. The first-order valence-corrected chi connectivity index (χ1v) is 8.17. The zero-order chi connectivity index (χ0) is 16.0. The first-order chi connectivity index (χ1) is 9.90. The van der Waals surface area contributed by atoms with Crippen LogP contribution < -0.4 is 16.0 Å². The fraction of sp³-hybridized carbons (Fsp3) is 0.714. The largest absolute Gasteiger partial charge is 0.396 e. The van der Waals surface area contributed by atoms with Gasteiger partial charge in [-0.15, -0.1) is 0 Å². The van der Waals surface area contributed by atoms with E-state index < -0.39 is 5.54 Å². The quantitative estimate of drug-likeness (QED) is 0.681. The summed E-state index contributed by atoms with van der Waals surface area (Å²) in [5.41, 5.74) is 5.45. The maximum Gasteiger partial charge on any atom is 0.265 e. The first-order valence-electron chi connectivity index (χ1n) is 7.35. The lowest BCUT2D eigenvalue weighted by molar-refractivity contribution is 0.0891. The molecular weight excluding hydrogens is 288 g/mol. The fourth-order valence-corrected chi connectivity index (χ4v) is 3.03. The molecule has 4 N–H and O–H groups in total. The minimum absolute atomic E-state index is 0.0352. The van der Waals surface area contributed by atoms with Crippen LogP contribution >= 0.6 is 11.3 Å². The molecule has 0 aliphatic rings. The number of thiazole rings is 1. The number of aromatic nitrogens is 1. The first kappa shape index (κ1) is 17.7. The molecule has 120 valence electrons. The molecule has 0 radical (unpaired) electrons. The molecule has 7 heteroatoms. The molecule has 1 atom stereocenters. The highest BCUT2D eigenvalue weighted by molar-refractivity contribution is 7.18. The highest BCUT2D eigenvalue weighted by Gasteiger charge is 2.27. The number of hydrogen-bond donors (Lipinski definition) is 3. The second-order valence-electron chi connectivity index (χ2n) is 5.23. The molecule has 0 saturated heterocycles. The molecular formula is C14H26N4O2S. The average molecular weight is 314 g/mol. The number of aliphatic hydroxyl groups is 1. The molecule has 1 heterocycles. The van der Waals surface area contributed by atoms with Crippen LogP contribution in [0.4, 0.5) is 10.9 Å². The van der Waals surface area contributed by atoms with Crippen molar-refractivity contribution in [1.82, 2.24) is 10.3 Å². The fourth-order valence-electron chi connectivity index (χ4n) is 2.02. The third-order valence-electron chi connectivity index (χ3n) is 3.74. The lowest BCUT2D eigenvalue weighted by atomic mass is 9.95. The van der Waals surface area contributed by atoms with Gasteiger partial charge in [-0.2, -0.15) is 0 Å². The molecule has 21 heavy (non-hydrogen) atoms. The van der Waals surface area contributed by atoms with E-state index >= 15 is 0 Å². The van der Waals surface area contributed by atoms with Crippen LogP contribution in [0.1, 0.15) is 50.2 Å². The summed E-state index contributed by atoms with van der Waals surface area (Å²) >= 11 is 1.31. The number of nitrogens with one attached hydrogen (secondary N) is 1. The van der Waals surface area contributed by atoms with Gasteiger partial charge >= 0.3 is 0 Å². The molecule has 1 aromatic heterocycles. The average Bonchev–Trinajstić information content (AvgIpc) is 2.82. The van der Waals surface area contributed by atoms with Gasteiger partial charge in [0, 0.05) is 25.2 Å². The second-order valence-corrected chi connectivity index (χ2v) is 6.20. The van der Waals surface area contributed by atoms with Crippen LogP contribution in [0, 0.1) is 0 Å². The van der Waals surface area contributed by atoms with Crippen LogP contribution in [0.3, 0.4) is 0 Å². The third kappa shape index (κ3) is 4.31. The Bertz CT molecular complexity index is 474. The van der Waals surface area contributed by atoms with E-state index in [1.165, 1.54) is 11.3 Å². The number of nitrogens with two attached hydrogens (primary N) is 1. The smallest absolute Gasteiger partial charge is 0.265 e. The van der Waals surface area contributed by atoms with Crippen molar-refractivity contribution in [1.29, 1.82) is 0 Å². The number of rotatable bonds is 8. The molecule has 6 nitrogen and oxygen atoms in total. The van der Waals surface area contributed by atoms with Crippen molar-refractivity contribution in [2.75, 3.05) is 30.3 Å². The molecule has 1 aromatic rings. The molecule has 1 rings (SSSR count). The van der Waals surface area contributed by atoms with Crippen LogP contribution in [0.5, 0.6) is 0 Å². The Balaban J connectivity index is 2.93. The number of hydrogen-bond acceptors (Lipinski definition) is 6. The van der Waals surface area contributed by atoms with Crippen LogP contribution in [-0.4, -0.2) is 41.2 Å². The van der Waals surface area contributed by atoms with Crippen molar-refractivity contribution in [3.05, 3.63) is 4.88 Å². The topological polar surface area (TPSA) is 91.5 Å². The van der Waals surface area contributed by atoms with Gasteiger partial charge in [0.2, 0.25) is 0 Å². The van der Waals surface area contributed by atoms with Gasteiger partial charge in [-0.05, 0) is 33.6 Å². The monoisotopic (exact) mass is 314 g/mol. The number of nitrogen functional groups attached to an aromatic ring is 1. The Kier molecular flexibility index (Phi) is 6.42. The molecule has 0 saturated carbocycles. The van der Waals surface area contributed by atoms with E-state index in [1.807, 2.05) is 27.7 Å². The summed E-state index contributed by atoms with van der Waals surface area (Å²) in [5.74, 6) is 0.0445. The van der Waals surface area contributed by atoms with E-state index in [0.717, 1.165) is 24.6 Å². The number of anilines is 2. The van der Waals surface area contributed by atoms with Gasteiger partial charge in [-0.1, -0.05) is 18.3 Å². The summed E-state index contributed by atoms with van der Waals surface area (Å²) < 4.78 is 0. The zero-order valence-corrected chi connectivity index (χ0v) is 14.1. The molecule has 0 spiro atoms. The molecule has 0 fully saturated rings. The Labute approximate surface area is 130 Å². The summed E-state index contributed by atoms with van der Waals surface area (Å²) in [6.45, 7) is 9.65. The van der Waals surface area contributed by atoms with Crippen molar-refractivity contribution in [3.8, 4) is 0 Å². The Hall–Kier alpha value is -1.34. The van der Waals surface area contributed by atoms with Gasteiger partial charge in [0.1, 0.15) is 10.7 Å². The molecule has 0 bridgehead atoms. The normalized spacial score (nSPS) is 13.8. The zero-order valence-electron chi connectivity index (χ0n) is 13.3. The van der Waals surface area contributed by atoms with Crippen LogP contribution in [0.25, 0.3) is 0 Å². The summed E-state index contributed by atoms with van der Waals surface area (Å²) in [6.07, 6.45) is 1.25. The number of aliphatic hydroxyl groups excluding tert-OH is 1. The number of amides is 1. The van der Waals surface area contributed by atoms with E-state index in [2.05, 4.69) is 15.2 Å². The van der Waals surface area contributed by atoms with Crippen molar-refractivity contribution in [3.63, 3.8) is 0 Å². The van der Waals surface area contributed by atoms with E-state index in [1.54, 1.807) is 0 Å². The van der Waals surface area contributed by atoms with E-state index in [9.17, 15) is 4.79 Å². The lowest BCUT2D eigenvalue weighted by Crippen LogP contribution is -2.46. The maximum absolute atomic E-state index is 12.4. The number of carbonyl (C=O) groups is 1. The van der Waals surface area contributed by atoms with Gasteiger partial charge in [-0.3, -0.25) is 4.79 Å². The molecule has 0 aromatic carbocycles. The summed E-state index contributed by atoms with van der Waals surface area (Å²) in [5, 5.41) is 12.8. The Morgan fingerprint density at radius 1 is 1.43 bits per heavy atom. The molecule has 0 aliphatic carbocycles. The van der Waals surface area contributed by atoms with Crippen LogP contribution in [0.2, 0.25) is 0 Å². The number of carbonyl (C=O) groups excluding carboxylic acids is 1. The highest BCUT2D eigenvalue weighted by atomic mass is 32.1. The summed E-state index contributed by atoms with van der Waals surface area (Å²) in [4.78, 5) is 19.2. The van der Waals surface area contributed by atoms with Crippen LogP contribution in [-0.2, 0) is 0 Å². The Morgan fingerprint density at radius 2 is 2.05 bits per heavy atom. The van der Waals surface area contributed by atoms with Crippen molar-refractivity contribution in [2.24, 2.45) is 0 Å². The second kappa shape index (κ2) is 7.61. The third-order valence-corrected chi connectivity index (χ3v) is 4.87. The van der Waals surface area contributed by atoms with E-state index in [4.69, 9.17) is 10.8 Å². The standard InChI is InChI=1S/C14H26N4O2S/c1-5-14(4,8-9-19)17-12(20)10-11(15)16-13(21-10)18(6-2)7-3/h19H,5-9,15H2,1-4H3,(H,17,20). The summed E-state index contributed by atoms with van der Waals surface area (Å²) in [6, 6.07) is 0. The molecule has 0 aliphatic heterocycles. The number of nitrogens with zero attached hydrogens (tertiary/aromatic N) is 2. The Morgan fingerprint density at radius 3 is 2.52 bits per heavy atom. The molecule has 1 unspecified atom stereocenters. The minimum Gasteiger partial charge on any atom is -0.396 e. The van der Waals surface area contributed by atoms with Crippen molar-refractivity contribution >= 4 is 28.2 Å². The highest BCUT2D eigenvalue weighted by Crippen LogP contribution is 2.28.